The van der Waals surface area contributed by atoms with Crippen molar-refractivity contribution < 1.29 is 9.84 Å². The first kappa shape index (κ1) is 17.1. The van der Waals surface area contributed by atoms with Gasteiger partial charge in [-0.3, -0.25) is 9.69 Å². The quantitative estimate of drug-likeness (QED) is 0.419. The van der Waals surface area contributed by atoms with Crippen LogP contribution in [-0.4, -0.2) is 52.6 Å². The zero-order valence-electron chi connectivity index (χ0n) is 15.3. The van der Waals surface area contributed by atoms with E-state index < -0.39 is 0 Å². The summed E-state index contributed by atoms with van der Waals surface area (Å²) >= 11 is 0. The Balaban J connectivity index is 1.76. The molecule has 28 heavy (non-hydrogen) atoms. The zero-order chi connectivity index (χ0) is 19.3. The highest BCUT2D eigenvalue weighted by atomic mass is 16.5. The third-order valence-corrected chi connectivity index (χ3v) is 5.53. The van der Waals surface area contributed by atoms with Gasteiger partial charge in [-0.25, -0.2) is 4.68 Å². The number of fused-ring (bicyclic) bond motifs is 2. The number of aromatic nitrogens is 2. The van der Waals surface area contributed by atoms with Crippen LogP contribution in [0.15, 0.2) is 41.2 Å². The van der Waals surface area contributed by atoms with E-state index in [1.54, 1.807) is 22.9 Å². The van der Waals surface area contributed by atoms with Gasteiger partial charge in [0.05, 0.1) is 30.5 Å². The van der Waals surface area contributed by atoms with Gasteiger partial charge in [0.2, 0.25) is 5.88 Å². The number of nitrogens with one attached hydrogen (secondary N) is 1. The molecule has 0 atom stereocenters. The molecule has 4 aromatic rings. The molecule has 0 spiro atoms. The fourth-order valence-corrected chi connectivity index (χ4v) is 4.06. The minimum absolute atomic E-state index is 0.0282. The van der Waals surface area contributed by atoms with Crippen LogP contribution in [0.1, 0.15) is 0 Å². The zero-order valence-corrected chi connectivity index (χ0v) is 15.3. The summed E-state index contributed by atoms with van der Waals surface area (Å²) in [4.78, 5) is 15.3. The van der Waals surface area contributed by atoms with Gasteiger partial charge in [0.15, 0.2) is 5.43 Å². The summed E-state index contributed by atoms with van der Waals surface area (Å²) < 4.78 is 6.99. The largest absolute Gasteiger partial charge is 0.493 e. The summed E-state index contributed by atoms with van der Waals surface area (Å²) in [6, 6.07) is 10.6. The Morgan fingerprint density at radius 2 is 1.75 bits per heavy atom. The lowest BCUT2D eigenvalue weighted by Gasteiger charge is -2.26. The Kier molecular flexibility index (Phi) is 3.99. The van der Waals surface area contributed by atoms with Gasteiger partial charge in [0, 0.05) is 41.2 Å². The normalized spacial score (nSPS) is 15.7. The highest BCUT2D eigenvalue weighted by molar-refractivity contribution is 6.19. The average molecular weight is 376 g/mol. The van der Waals surface area contributed by atoms with Gasteiger partial charge < -0.3 is 15.3 Å². The summed E-state index contributed by atoms with van der Waals surface area (Å²) in [5.74, 6) is 0.0282. The molecule has 1 aliphatic rings. The Labute approximate surface area is 160 Å². The van der Waals surface area contributed by atoms with Crippen LogP contribution in [0.4, 0.5) is 0 Å². The highest BCUT2D eigenvalue weighted by Crippen LogP contribution is 2.32. The Morgan fingerprint density at radius 3 is 2.54 bits per heavy atom. The third kappa shape index (κ3) is 2.55. The molecule has 0 unspecified atom stereocenters. The first-order valence-corrected chi connectivity index (χ1v) is 9.41. The van der Waals surface area contributed by atoms with Gasteiger partial charge in [0.25, 0.3) is 0 Å². The van der Waals surface area contributed by atoms with Gasteiger partial charge in [0.1, 0.15) is 5.52 Å². The second-order valence-electron chi connectivity index (χ2n) is 7.13. The van der Waals surface area contributed by atoms with Crippen LogP contribution in [0, 0.1) is 5.41 Å². The van der Waals surface area contributed by atoms with Gasteiger partial charge in [-0.2, -0.15) is 5.10 Å². The summed E-state index contributed by atoms with van der Waals surface area (Å²) in [6.07, 6.45) is 0. The van der Waals surface area contributed by atoms with Crippen molar-refractivity contribution in [2.75, 3.05) is 32.8 Å². The second-order valence-corrected chi connectivity index (χ2v) is 7.13. The molecule has 0 saturated carbocycles. The van der Waals surface area contributed by atoms with E-state index in [9.17, 15) is 9.90 Å². The van der Waals surface area contributed by atoms with Crippen LogP contribution in [-0.2, 0) is 11.3 Å². The van der Waals surface area contributed by atoms with Crippen LogP contribution in [0.25, 0.3) is 32.4 Å². The van der Waals surface area contributed by atoms with Crippen molar-refractivity contribution in [3.05, 3.63) is 52.0 Å². The molecular formula is C21H20N4O3. The molecule has 2 N–H and O–H groups in total. The number of morpholine rings is 1. The lowest BCUT2D eigenvalue weighted by Crippen LogP contribution is -2.38. The van der Waals surface area contributed by atoms with E-state index >= 15 is 0 Å². The maximum atomic E-state index is 13.0. The van der Waals surface area contributed by atoms with Gasteiger partial charge in [-0.15, -0.1) is 0 Å². The lowest BCUT2D eigenvalue weighted by molar-refractivity contribution is 0.0357. The molecular weight excluding hydrogens is 356 g/mol. The predicted octanol–water partition coefficient (Wildman–Crippen LogP) is 1.66. The van der Waals surface area contributed by atoms with Crippen molar-refractivity contribution in [2.24, 2.45) is 0 Å². The van der Waals surface area contributed by atoms with E-state index in [1.807, 2.05) is 18.2 Å². The minimum Gasteiger partial charge on any atom is -0.493 e. The number of hydrogen-bond acceptors (Lipinski definition) is 6. The van der Waals surface area contributed by atoms with Crippen molar-refractivity contribution in [3.63, 3.8) is 0 Å². The number of benzene rings is 3. The minimum atomic E-state index is -0.189. The molecule has 1 aliphatic heterocycles. The molecule has 3 aromatic carbocycles. The Morgan fingerprint density at radius 1 is 1.00 bits per heavy atom. The molecule has 7 heteroatoms. The van der Waals surface area contributed by atoms with Crippen molar-refractivity contribution >= 4 is 32.4 Å². The van der Waals surface area contributed by atoms with Gasteiger partial charge in [-0.05, 0) is 12.1 Å². The molecule has 2 heterocycles. The Hall–Kier alpha value is -3.03. The highest BCUT2D eigenvalue weighted by Gasteiger charge is 2.19. The molecule has 0 aliphatic carbocycles. The standard InChI is InChI=1S/C21H20N4O3/c22-16-6-5-15-17-18(16)20(26)14-4-2-1-3-13(14)19(17)23-25(21(15)27)8-7-24-9-11-28-12-10-24/h1-6,22,27H,7-12H2. The first-order valence-electron chi connectivity index (χ1n) is 9.41. The van der Waals surface area contributed by atoms with E-state index in [0.717, 1.165) is 38.2 Å². The second kappa shape index (κ2) is 6.54. The van der Waals surface area contributed by atoms with Crippen molar-refractivity contribution in [1.29, 1.82) is 5.41 Å². The van der Waals surface area contributed by atoms with Gasteiger partial charge in [-0.1, -0.05) is 24.3 Å². The number of hydrogen-bond donors (Lipinski definition) is 2. The fraction of sp³-hybridized carbons (Fsp3) is 0.286. The summed E-state index contributed by atoms with van der Waals surface area (Å²) in [6.45, 7) is 4.46. The fourth-order valence-electron chi connectivity index (χ4n) is 4.06. The molecule has 0 amide bonds. The topological polar surface area (TPSA) is 91.4 Å². The van der Waals surface area contributed by atoms with Crippen molar-refractivity contribution in [2.45, 2.75) is 6.54 Å². The maximum Gasteiger partial charge on any atom is 0.215 e. The molecule has 1 fully saturated rings. The third-order valence-electron chi connectivity index (χ3n) is 5.53. The first-order chi connectivity index (χ1) is 13.6. The molecule has 5 rings (SSSR count). The predicted molar refractivity (Wildman–Crippen MR) is 107 cm³/mol. The van der Waals surface area contributed by atoms with Crippen LogP contribution >= 0.6 is 0 Å². The molecule has 1 aromatic heterocycles. The van der Waals surface area contributed by atoms with Crippen LogP contribution < -0.4 is 10.8 Å². The molecule has 0 bridgehead atoms. The van der Waals surface area contributed by atoms with E-state index in [4.69, 9.17) is 15.2 Å². The van der Waals surface area contributed by atoms with Crippen LogP contribution in [0.2, 0.25) is 0 Å². The van der Waals surface area contributed by atoms with Crippen molar-refractivity contribution in [1.82, 2.24) is 14.7 Å². The number of rotatable bonds is 3. The summed E-state index contributed by atoms with van der Waals surface area (Å²) in [5, 5.41) is 26.7. The lowest BCUT2D eigenvalue weighted by atomic mass is 9.98. The number of ether oxygens (including phenoxy) is 1. The summed E-state index contributed by atoms with van der Waals surface area (Å²) in [7, 11) is 0. The Bertz CT molecular complexity index is 1310. The summed E-state index contributed by atoms with van der Waals surface area (Å²) in [5.41, 5.74) is 0.458. The monoisotopic (exact) mass is 376 g/mol. The maximum absolute atomic E-state index is 13.0. The van der Waals surface area contributed by atoms with Crippen LogP contribution in [0.3, 0.4) is 0 Å². The molecule has 7 nitrogen and oxygen atoms in total. The van der Waals surface area contributed by atoms with Crippen molar-refractivity contribution in [3.8, 4) is 5.88 Å². The number of aromatic hydroxyl groups is 1. The molecule has 142 valence electrons. The SMILES string of the molecule is N=c1ccc2c(O)n(CCN3CCOCC3)nc3c4ccccc4c(=O)c1c23. The van der Waals surface area contributed by atoms with E-state index in [1.165, 1.54) is 0 Å². The van der Waals surface area contributed by atoms with E-state index in [-0.39, 0.29) is 16.7 Å². The van der Waals surface area contributed by atoms with Crippen LogP contribution in [0.5, 0.6) is 5.88 Å². The smallest absolute Gasteiger partial charge is 0.215 e. The van der Waals surface area contributed by atoms with Gasteiger partial charge >= 0.3 is 0 Å². The van der Waals surface area contributed by atoms with E-state index in [0.29, 0.717) is 33.6 Å². The molecule has 1 saturated heterocycles. The molecule has 0 radical (unpaired) electrons. The number of nitrogens with zero attached hydrogens (tertiary/aromatic N) is 3. The average Bonchev–Trinajstić information content (AvgIpc) is 2.73. The van der Waals surface area contributed by atoms with E-state index in [2.05, 4.69) is 4.90 Å².